The van der Waals surface area contributed by atoms with Gasteiger partial charge in [0.25, 0.3) is 5.91 Å². The third-order valence-electron chi connectivity index (χ3n) is 9.60. The number of benzene rings is 1. The van der Waals surface area contributed by atoms with Crippen LogP contribution in [0.3, 0.4) is 0 Å². The molecular weight excluding hydrogens is 456 g/mol. The van der Waals surface area contributed by atoms with E-state index in [1.807, 2.05) is 0 Å². The molecule has 184 valence electrons. The standard InChI is InChI=1S/C26H33ClN2O5/c1-12-6-7-19-24(3,4)21(27)18(29-13(2)30)10-26(19)25(12,5)9-16-15(23(32)33)8-14-17(20(16)34-26)11-28-22(14)31/h8,12,18-19,21H,6-7,9-11H2,1-5H3,(H,28,31)(H,29,30)(H,32,33)/t12-,18?,19-,21?,25+,26-/m0/s1. The molecule has 1 spiro atoms. The molecule has 2 aliphatic carbocycles. The van der Waals surface area contributed by atoms with E-state index in [2.05, 4.69) is 38.3 Å². The van der Waals surface area contributed by atoms with Crippen molar-refractivity contribution in [1.29, 1.82) is 0 Å². The molecule has 0 radical (unpaired) electrons. The van der Waals surface area contributed by atoms with Gasteiger partial charge < -0.3 is 20.5 Å². The number of carboxylic acids is 1. The number of halogens is 1. The Morgan fingerprint density at radius 1 is 1.24 bits per heavy atom. The van der Waals surface area contributed by atoms with Gasteiger partial charge in [-0.05, 0) is 36.7 Å². The van der Waals surface area contributed by atoms with Crippen LogP contribution in [0.2, 0.25) is 0 Å². The van der Waals surface area contributed by atoms with Crippen molar-refractivity contribution >= 4 is 29.4 Å². The van der Waals surface area contributed by atoms with E-state index in [1.165, 1.54) is 13.0 Å². The van der Waals surface area contributed by atoms with E-state index in [0.717, 1.165) is 18.4 Å². The Labute approximate surface area is 205 Å². The van der Waals surface area contributed by atoms with Crippen LogP contribution in [-0.4, -0.2) is 39.9 Å². The van der Waals surface area contributed by atoms with Gasteiger partial charge in [-0.1, -0.05) is 27.7 Å². The smallest absolute Gasteiger partial charge is 0.336 e. The number of alkyl halides is 1. The quantitative estimate of drug-likeness (QED) is 0.548. The monoisotopic (exact) mass is 488 g/mol. The zero-order valence-electron chi connectivity index (χ0n) is 20.4. The van der Waals surface area contributed by atoms with Crippen molar-refractivity contribution in [3.63, 3.8) is 0 Å². The minimum Gasteiger partial charge on any atom is -0.486 e. The summed E-state index contributed by atoms with van der Waals surface area (Å²) in [5.74, 6) is -0.544. The second kappa shape index (κ2) is 7.36. The largest absolute Gasteiger partial charge is 0.486 e. The van der Waals surface area contributed by atoms with Crippen molar-refractivity contribution in [3.05, 3.63) is 28.3 Å². The fourth-order valence-corrected chi connectivity index (χ4v) is 7.94. The number of nitrogens with one attached hydrogen (secondary N) is 2. The van der Waals surface area contributed by atoms with E-state index in [-0.39, 0.29) is 51.5 Å². The molecule has 2 amide bonds. The molecule has 2 fully saturated rings. The summed E-state index contributed by atoms with van der Waals surface area (Å²) in [4.78, 5) is 36.9. The molecule has 7 nitrogen and oxygen atoms in total. The van der Waals surface area contributed by atoms with Gasteiger partial charge >= 0.3 is 5.97 Å². The highest BCUT2D eigenvalue weighted by Crippen LogP contribution is 2.67. The average Bonchev–Trinajstić information content (AvgIpc) is 3.11. The zero-order chi connectivity index (χ0) is 24.8. The van der Waals surface area contributed by atoms with E-state index >= 15 is 0 Å². The van der Waals surface area contributed by atoms with E-state index in [0.29, 0.717) is 36.3 Å². The van der Waals surface area contributed by atoms with E-state index in [9.17, 15) is 19.5 Å². The molecule has 5 rings (SSSR count). The summed E-state index contributed by atoms with van der Waals surface area (Å²) in [6.07, 6.45) is 3.02. The molecule has 2 unspecified atom stereocenters. The minimum absolute atomic E-state index is 0.107. The lowest BCUT2D eigenvalue weighted by molar-refractivity contribution is -0.214. The van der Waals surface area contributed by atoms with Crippen molar-refractivity contribution in [2.24, 2.45) is 22.7 Å². The first-order valence-electron chi connectivity index (χ1n) is 12.1. The van der Waals surface area contributed by atoms with Crippen LogP contribution in [0.15, 0.2) is 6.07 Å². The summed E-state index contributed by atoms with van der Waals surface area (Å²) in [6.45, 7) is 10.6. The second-order valence-electron chi connectivity index (χ2n) is 11.6. The maximum atomic E-state index is 12.5. The Bertz CT molecular complexity index is 1120. The fourth-order valence-electron chi connectivity index (χ4n) is 7.64. The Balaban J connectivity index is 1.76. The number of carbonyl (C=O) groups is 3. The summed E-state index contributed by atoms with van der Waals surface area (Å²) in [7, 11) is 0. The number of carboxylic acid groups (broad SMARTS) is 1. The molecule has 2 saturated carbocycles. The van der Waals surface area contributed by atoms with Crippen LogP contribution >= 0.6 is 11.6 Å². The number of carbonyl (C=O) groups excluding carboxylic acids is 2. The number of aromatic carboxylic acids is 1. The van der Waals surface area contributed by atoms with Gasteiger partial charge in [0.05, 0.1) is 10.9 Å². The van der Waals surface area contributed by atoms with Crippen LogP contribution in [0.1, 0.15) is 85.7 Å². The SMILES string of the molecule is CC(=O)NC1C[C@@]23Oc4c(c(C(=O)O)cc5c4CNC5=O)C[C@]2(C)[C@@H](C)CC[C@H]3C(C)(C)C1Cl. The molecule has 8 heteroatoms. The molecule has 3 N–H and O–H groups in total. The summed E-state index contributed by atoms with van der Waals surface area (Å²) in [5, 5.41) is 15.7. The Morgan fingerprint density at radius 3 is 2.59 bits per heavy atom. The highest BCUT2D eigenvalue weighted by molar-refractivity contribution is 6.21. The first kappa shape index (κ1) is 23.5. The Morgan fingerprint density at radius 2 is 1.94 bits per heavy atom. The summed E-state index contributed by atoms with van der Waals surface area (Å²) in [5.41, 5.74) is 0.553. The third-order valence-corrected chi connectivity index (χ3v) is 10.5. The molecule has 6 atom stereocenters. The second-order valence-corrected chi connectivity index (χ2v) is 12.1. The van der Waals surface area contributed by atoms with Gasteiger partial charge in [-0.25, -0.2) is 4.79 Å². The number of amides is 2. The molecule has 2 heterocycles. The first-order valence-corrected chi connectivity index (χ1v) is 12.6. The number of hydrogen-bond acceptors (Lipinski definition) is 4. The molecule has 0 aromatic heterocycles. The topological polar surface area (TPSA) is 105 Å². The predicted molar refractivity (Wildman–Crippen MR) is 127 cm³/mol. The molecule has 1 aromatic rings. The van der Waals surface area contributed by atoms with Gasteiger partial charge in [-0.15, -0.1) is 11.6 Å². The van der Waals surface area contributed by atoms with Gasteiger partial charge in [0, 0.05) is 54.0 Å². The van der Waals surface area contributed by atoms with Crippen molar-refractivity contribution in [2.45, 2.75) is 83.9 Å². The van der Waals surface area contributed by atoms with Gasteiger partial charge in [0.2, 0.25) is 5.91 Å². The summed E-state index contributed by atoms with van der Waals surface area (Å²) < 4.78 is 7.11. The summed E-state index contributed by atoms with van der Waals surface area (Å²) >= 11 is 7.03. The van der Waals surface area contributed by atoms with E-state index in [4.69, 9.17) is 16.3 Å². The Hall–Kier alpha value is -2.28. The lowest BCUT2D eigenvalue weighted by Gasteiger charge is -2.68. The maximum Gasteiger partial charge on any atom is 0.336 e. The number of hydrogen-bond donors (Lipinski definition) is 3. The van der Waals surface area contributed by atoms with E-state index in [1.54, 1.807) is 0 Å². The number of fused-ring (bicyclic) bond motifs is 3. The van der Waals surface area contributed by atoms with Crippen LogP contribution in [0.4, 0.5) is 0 Å². The maximum absolute atomic E-state index is 12.5. The fraction of sp³-hybridized carbons (Fsp3) is 0.654. The molecule has 0 bridgehead atoms. The minimum atomic E-state index is -1.05. The van der Waals surface area contributed by atoms with Crippen LogP contribution in [0.25, 0.3) is 0 Å². The number of rotatable bonds is 2. The van der Waals surface area contributed by atoms with Gasteiger partial charge in [0.1, 0.15) is 11.4 Å². The predicted octanol–water partition coefficient (Wildman–Crippen LogP) is 3.90. The highest BCUT2D eigenvalue weighted by Gasteiger charge is 2.69. The van der Waals surface area contributed by atoms with Gasteiger partial charge in [-0.2, -0.15) is 0 Å². The summed E-state index contributed by atoms with van der Waals surface area (Å²) in [6, 6.07) is 1.22. The molecule has 1 aromatic carbocycles. The van der Waals surface area contributed by atoms with E-state index < -0.39 is 11.6 Å². The van der Waals surface area contributed by atoms with Crippen molar-refractivity contribution in [1.82, 2.24) is 10.6 Å². The van der Waals surface area contributed by atoms with Gasteiger partial charge in [-0.3, -0.25) is 9.59 Å². The normalized spacial score (nSPS) is 37.3. The molecule has 2 aliphatic heterocycles. The highest BCUT2D eigenvalue weighted by atomic mass is 35.5. The molecular formula is C26H33ClN2O5. The van der Waals surface area contributed by atoms with Crippen molar-refractivity contribution in [2.75, 3.05) is 0 Å². The number of ether oxygens (including phenoxy) is 1. The Kier molecular flexibility index (Phi) is 5.08. The lowest BCUT2D eigenvalue weighted by Crippen LogP contribution is -2.74. The third kappa shape index (κ3) is 2.91. The van der Waals surface area contributed by atoms with Crippen LogP contribution in [-0.2, 0) is 17.8 Å². The zero-order valence-corrected chi connectivity index (χ0v) is 21.1. The van der Waals surface area contributed by atoms with Crippen LogP contribution in [0.5, 0.6) is 5.75 Å². The lowest BCUT2D eigenvalue weighted by atomic mass is 9.43. The molecule has 0 saturated heterocycles. The van der Waals surface area contributed by atoms with Crippen molar-refractivity contribution in [3.8, 4) is 5.75 Å². The van der Waals surface area contributed by atoms with Crippen molar-refractivity contribution < 1.29 is 24.2 Å². The molecule has 4 aliphatic rings. The first-order chi connectivity index (χ1) is 15.8. The van der Waals surface area contributed by atoms with Gasteiger partial charge in [0.15, 0.2) is 0 Å². The average molecular weight is 489 g/mol. The van der Waals surface area contributed by atoms with Crippen LogP contribution < -0.4 is 15.4 Å². The molecule has 34 heavy (non-hydrogen) atoms. The van der Waals surface area contributed by atoms with Crippen LogP contribution in [0, 0.1) is 22.7 Å².